The number of halogens is 1. The van der Waals surface area contributed by atoms with Crippen LogP contribution in [0.4, 0.5) is 9.52 Å². The van der Waals surface area contributed by atoms with Crippen molar-refractivity contribution in [2.45, 2.75) is 24.6 Å². The van der Waals surface area contributed by atoms with Crippen LogP contribution in [0.1, 0.15) is 19.4 Å². The van der Waals surface area contributed by atoms with E-state index >= 15 is 0 Å². The average molecular weight is 369 g/mol. The van der Waals surface area contributed by atoms with Crippen LogP contribution < -0.4 is 10.6 Å². The van der Waals surface area contributed by atoms with Gasteiger partial charge in [0.2, 0.25) is 11.0 Å². The third kappa shape index (κ3) is 6.45. The number of aromatic nitrogens is 2. The van der Waals surface area contributed by atoms with Gasteiger partial charge in [0.05, 0.1) is 5.75 Å². The summed E-state index contributed by atoms with van der Waals surface area (Å²) in [5, 5.41) is 14.9. The van der Waals surface area contributed by atoms with Crippen LogP contribution in [0.3, 0.4) is 0 Å². The van der Waals surface area contributed by atoms with E-state index in [4.69, 9.17) is 0 Å². The number of hydrogen-bond acceptors (Lipinski definition) is 6. The van der Waals surface area contributed by atoms with Crippen molar-refractivity contribution in [3.8, 4) is 0 Å². The van der Waals surface area contributed by atoms with Crippen molar-refractivity contribution in [3.63, 3.8) is 0 Å². The van der Waals surface area contributed by atoms with Crippen LogP contribution in [0.5, 0.6) is 0 Å². The second-order valence-electron chi connectivity index (χ2n) is 5.63. The zero-order valence-electron chi connectivity index (χ0n) is 13.7. The Morgan fingerprint density at radius 3 is 2.88 bits per heavy atom. The molecule has 8 heteroatoms. The first-order chi connectivity index (χ1) is 11.5. The normalized spacial score (nSPS) is 10.8. The molecule has 0 saturated heterocycles. The minimum Gasteiger partial charge on any atom is -0.360 e. The van der Waals surface area contributed by atoms with Crippen molar-refractivity contribution in [3.05, 3.63) is 35.6 Å². The number of anilines is 1. The van der Waals surface area contributed by atoms with E-state index in [1.165, 1.54) is 29.2 Å². The molecule has 0 radical (unpaired) electrons. The zero-order chi connectivity index (χ0) is 17.4. The fourth-order valence-corrected chi connectivity index (χ4v) is 3.44. The summed E-state index contributed by atoms with van der Waals surface area (Å²) in [6.45, 7) is 5.50. The molecule has 1 heterocycles. The Morgan fingerprint density at radius 2 is 2.12 bits per heavy atom. The Bertz CT molecular complexity index is 663. The molecule has 0 saturated carbocycles. The fourth-order valence-electron chi connectivity index (χ4n) is 1.85. The molecule has 2 N–H and O–H groups in total. The standard InChI is InChI=1S/C16H21FN4OS2/c1-11(2)9-19-15-20-21-16(24-15)23-10-14(22)18-8-7-12-5-3-4-6-13(12)17/h3-6,11H,7-10H2,1-2H3,(H,18,22)(H,19,20). The Kier molecular flexibility index (Phi) is 7.45. The minimum atomic E-state index is -0.239. The molecule has 0 fully saturated rings. The van der Waals surface area contributed by atoms with Crippen LogP contribution in [0.25, 0.3) is 0 Å². The second-order valence-corrected chi connectivity index (χ2v) is 7.83. The first-order valence-electron chi connectivity index (χ1n) is 7.75. The quantitative estimate of drug-likeness (QED) is 0.666. The Labute approximate surface area is 149 Å². The molecular weight excluding hydrogens is 347 g/mol. The van der Waals surface area contributed by atoms with E-state index in [0.29, 0.717) is 24.4 Å². The third-order valence-electron chi connectivity index (χ3n) is 3.07. The summed E-state index contributed by atoms with van der Waals surface area (Å²) in [5.41, 5.74) is 0.607. The number of rotatable bonds is 9. The topological polar surface area (TPSA) is 66.9 Å². The molecule has 0 spiro atoms. The van der Waals surface area contributed by atoms with Gasteiger partial charge in [0.25, 0.3) is 0 Å². The number of benzene rings is 1. The Morgan fingerprint density at radius 1 is 1.33 bits per heavy atom. The summed E-state index contributed by atoms with van der Waals surface area (Å²) in [6.07, 6.45) is 0.477. The van der Waals surface area contributed by atoms with Crippen LogP contribution in [0, 0.1) is 11.7 Å². The maximum absolute atomic E-state index is 13.5. The molecule has 0 aliphatic carbocycles. The maximum Gasteiger partial charge on any atom is 0.230 e. The van der Waals surface area contributed by atoms with Gasteiger partial charge >= 0.3 is 0 Å². The molecule has 0 aliphatic rings. The van der Waals surface area contributed by atoms with Crippen molar-refractivity contribution < 1.29 is 9.18 Å². The Balaban J connectivity index is 1.67. The molecule has 0 atom stereocenters. The third-order valence-corrected chi connectivity index (χ3v) is 5.08. The van der Waals surface area contributed by atoms with Gasteiger partial charge in [0.1, 0.15) is 5.82 Å². The lowest BCUT2D eigenvalue weighted by Gasteiger charge is -2.05. The molecular formula is C16H21FN4OS2. The van der Waals surface area contributed by atoms with E-state index in [1.54, 1.807) is 18.2 Å². The predicted molar refractivity (Wildman–Crippen MR) is 97.1 cm³/mol. The summed E-state index contributed by atoms with van der Waals surface area (Å²) >= 11 is 2.79. The minimum absolute atomic E-state index is 0.0942. The molecule has 1 aromatic heterocycles. The molecule has 1 aromatic carbocycles. The van der Waals surface area contributed by atoms with Crippen molar-refractivity contribution in [2.24, 2.45) is 5.92 Å². The molecule has 2 aromatic rings. The van der Waals surface area contributed by atoms with Crippen LogP contribution in [-0.2, 0) is 11.2 Å². The van der Waals surface area contributed by atoms with E-state index in [1.807, 2.05) is 0 Å². The highest BCUT2D eigenvalue weighted by atomic mass is 32.2. The molecule has 24 heavy (non-hydrogen) atoms. The van der Waals surface area contributed by atoms with Gasteiger partial charge < -0.3 is 10.6 Å². The molecule has 0 aliphatic heterocycles. The number of carbonyl (C=O) groups is 1. The molecule has 2 rings (SSSR count). The van der Waals surface area contributed by atoms with E-state index in [2.05, 4.69) is 34.7 Å². The molecule has 0 unspecified atom stereocenters. The van der Waals surface area contributed by atoms with Gasteiger partial charge in [-0.1, -0.05) is 55.1 Å². The number of amides is 1. The molecule has 130 valence electrons. The SMILES string of the molecule is CC(C)CNc1nnc(SCC(=O)NCCc2ccccc2F)s1. The average Bonchev–Trinajstić information content (AvgIpc) is 3.01. The van der Waals surface area contributed by atoms with Gasteiger partial charge in [-0.3, -0.25) is 4.79 Å². The molecule has 0 bridgehead atoms. The van der Waals surface area contributed by atoms with Crippen molar-refractivity contribution in [1.29, 1.82) is 0 Å². The lowest BCUT2D eigenvalue weighted by molar-refractivity contribution is -0.118. The zero-order valence-corrected chi connectivity index (χ0v) is 15.3. The van der Waals surface area contributed by atoms with Crippen molar-refractivity contribution >= 4 is 34.1 Å². The first-order valence-corrected chi connectivity index (χ1v) is 9.55. The highest BCUT2D eigenvalue weighted by Gasteiger charge is 2.08. The van der Waals surface area contributed by atoms with Gasteiger partial charge in [0.15, 0.2) is 4.34 Å². The monoisotopic (exact) mass is 368 g/mol. The lowest BCUT2D eigenvalue weighted by atomic mass is 10.1. The van der Waals surface area contributed by atoms with E-state index < -0.39 is 0 Å². The second kappa shape index (κ2) is 9.58. The van der Waals surface area contributed by atoms with Gasteiger partial charge in [0, 0.05) is 13.1 Å². The Hall–Kier alpha value is -1.67. The number of nitrogens with one attached hydrogen (secondary N) is 2. The van der Waals surface area contributed by atoms with Crippen LogP contribution >= 0.6 is 23.1 Å². The van der Waals surface area contributed by atoms with Gasteiger partial charge in [-0.05, 0) is 24.0 Å². The number of nitrogens with zero attached hydrogens (tertiary/aromatic N) is 2. The van der Waals surface area contributed by atoms with Crippen LogP contribution in [0.2, 0.25) is 0 Å². The summed E-state index contributed by atoms with van der Waals surface area (Å²) in [6, 6.07) is 6.59. The van der Waals surface area contributed by atoms with Crippen LogP contribution in [0.15, 0.2) is 28.6 Å². The van der Waals surface area contributed by atoms with E-state index in [-0.39, 0.29) is 17.5 Å². The summed E-state index contributed by atoms with van der Waals surface area (Å²) in [7, 11) is 0. The number of thioether (sulfide) groups is 1. The summed E-state index contributed by atoms with van der Waals surface area (Å²) in [5.74, 6) is 0.473. The van der Waals surface area contributed by atoms with Gasteiger partial charge in [-0.2, -0.15) is 0 Å². The van der Waals surface area contributed by atoms with Gasteiger partial charge in [-0.15, -0.1) is 10.2 Å². The van der Waals surface area contributed by atoms with Crippen molar-refractivity contribution in [1.82, 2.24) is 15.5 Å². The van der Waals surface area contributed by atoms with Crippen LogP contribution in [-0.4, -0.2) is 34.9 Å². The number of hydrogen-bond donors (Lipinski definition) is 2. The van der Waals surface area contributed by atoms with Gasteiger partial charge in [-0.25, -0.2) is 4.39 Å². The van der Waals surface area contributed by atoms with E-state index in [0.717, 1.165) is 16.0 Å². The molecule has 5 nitrogen and oxygen atoms in total. The predicted octanol–water partition coefficient (Wildman–Crippen LogP) is 3.20. The fraction of sp³-hybridized carbons (Fsp3) is 0.438. The number of carbonyl (C=O) groups excluding carboxylic acids is 1. The first kappa shape index (κ1) is 18.7. The lowest BCUT2D eigenvalue weighted by Crippen LogP contribution is -2.27. The highest BCUT2D eigenvalue weighted by Crippen LogP contribution is 2.25. The van der Waals surface area contributed by atoms with E-state index in [9.17, 15) is 9.18 Å². The molecule has 1 amide bonds. The maximum atomic E-state index is 13.5. The summed E-state index contributed by atoms with van der Waals surface area (Å²) in [4.78, 5) is 11.8. The van der Waals surface area contributed by atoms with Crippen molar-refractivity contribution in [2.75, 3.05) is 24.2 Å². The summed E-state index contributed by atoms with van der Waals surface area (Å²) < 4.78 is 14.2. The highest BCUT2D eigenvalue weighted by molar-refractivity contribution is 8.01. The smallest absolute Gasteiger partial charge is 0.230 e. The largest absolute Gasteiger partial charge is 0.360 e.